The van der Waals surface area contributed by atoms with Crippen molar-refractivity contribution in [1.82, 2.24) is 9.46 Å². The number of nitrogens with one attached hydrogen (secondary N) is 2. The molecule has 1 aromatic heterocycles. The number of sulfonamides is 1. The van der Waals surface area contributed by atoms with Gasteiger partial charge >= 0.3 is 0 Å². The van der Waals surface area contributed by atoms with Crippen LogP contribution < -0.4 is 15.0 Å². The first-order chi connectivity index (χ1) is 13.3. The molecule has 9 nitrogen and oxygen atoms in total. The predicted molar refractivity (Wildman–Crippen MR) is 102 cm³/mol. The normalized spacial score (nSPS) is 17.2. The lowest BCUT2D eigenvalue weighted by Crippen LogP contribution is -3.19. The lowest BCUT2D eigenvalue weighted by molar-refractivity contribution is -0.917. The van der Waals surface area contributed by atoms with Crippen molar-refractivity contribution in [2.75, 3.05) is 38.6 Å². The number of piperazine rings is 1. The highest BCUT2D eigenvalue weighted by Crippen LogP contribution is 2.19. The summed E-state index contributed by atoms with van der Waals surface area (Å²) >= 11 is 0. The second kappa shape index (κ2) is 8.29. The molecule has 0 aliphatic carbocycles. The summed E-state index contributed by atoms with van der Waals surface area (Å²) < 4.78 is 37.1. The number of benzene rings is 1. The van der Waals surface area contributed by atoms with E-state index in [1.54, 1.807) is 37.3 Å². The predicted octanol–water partition coefficient (Wildman–Crippen LogP) is -0.0920. The van der Waals surface area contributed by atoms with Gasteiger partial charge in [0.2, 0.25) is 10.0 Å². The molecule has 0 radical (unpaired) electrons. The van der Waals surface area contributed by atoms with Crippen LogP contribution in [0.4, 0.5) is 5.82 Å². The van der Waals surface area contributed by atoms with E-state index in [9.17, 15) is 13.2 Å². The van der Waals surface area contributed by atoms with Crippen LogP contribution in [0.2, 0.25) is 0 Å². The fourth-order valence-corrected chi connectivity index (χ4v) is 4.63. The maximum Gasteiger partial charge on any atom is 0.283 e. The summed E-state index contributed by atoms with van der Waals surface area (Å²) in [6.45, 7) is 5.36. The van der Waals surface area contributed by atoms with Crippen LogP contribution >= 0.6 is 0 Å². The third-order valence-electron chi connectivity index (χ3n) is 4.95. The fourth-order valence-electron chi connectivity index (χ4n) is 3.19. The number of rotatable bonds is 6. The summed E-state index contributed by atoms with van der Waals surface area (Å²) in [7, 11) is -2.03. The van der Waals surface area contributed by atoms with Crippen molar-refractivity contribution in [1.29, 1.82) is 0 Å². The SMILES string of the molecule is COc1ccc(S(=O)(=O)N2CC[NH+]([C@H](C)C(=O)Nc3cc(C)on3)CC2)cc1. The van der Waals surface area contributed by atoms with Gasteiger partial charge in [0.15, 0.2) is 11.9 Å². The van der Waals surface area contributed by atoms with Gasteiger partial charge in [0.1, 0.15) is 11.5 Å². The molecule has 0 saturated carbocycles. The molecular formula is C18H25N4O5S+. The molecule has 1 atom stereocenters. The van der Waals surface area contributed by atoms with Crippen LogP contribution in [-0.2, 0) is 14.8 Å². The van der Waals surface area contributed by atoms with E-state index in [-0.39, 0.29) is 16.8 Å². The number of hydrogen-bond acceptors (Lipinski definition) is 6. The van der Waals surface area contributed by atoms with Crippen molar-refractivity contribution >= 4 is 21.7 Å². The van der Waals surface area contributed by atoms with Crippen LogP contribution in [0.15, 0.2) is 39.8 Å². The summed E-state index contributed by atoms with van der Waals surface area (Å²) in [6, 6.07) is 7.67. The van der Waals surface area contributed by atoms with Gasteiger partial charge < -0.3 is 19.5 Å². The second-order valence-corrected chi connectivity index (χ2v) is 8.71. The number of carbonyl (C=O) groups is 1. The van der Waals surface area contributed by atoms with Crippen molar-refractivity contribution in [3.05, 3.63) is 36.1 Å². The minimum atomic E-state index is -3.56. The third-order valence-corrected chi connectivity index (χ3v) is 6.86. The third kappa shape index (κ3) is 4.34. The van der Waals surface area contributed by atoms with Gasteiger partial charge in [-0.2, -0.15) is 4.31 Å². The van der Waals surface area contributed by atoms with E-state index in [0.717, 1.165) is 4.90 Å². The minimum Gasteiger partial charge on any atom is -0.497 e. The number of ether oxygens (including phenoxy) is 1. The maximum atomic E-state index is 12.8. The Bertz CT molecular complexity index is 918. The molecule has 1 aromatic carbocycles. The average molecular weight is 409 g/mol. The van der Waals surface area contributed by atoms with Crippen molar-refractivity contribution in [3.8, 4) is 5.75 Å². The summed E-state index contributed by atoms with van der Waals surface area (Å²) in [6.07, 6.45) is 0. The molecule has 0 bridgehead atoms. The molecule has 1 saturated heterocycles. The van der Waals surface area contributed by atoms with Crippen LogP contribution in [0.25, 0.3) is 0 Å². The summed E-state index contributed by atoms with van der Waals surface area (Å²) in [4.78, 5) is 13.7. The van der Waals surface area contributed by atoms with Crippen LogP contribution in [0.3, 0.4) is 0 Å². The molecule has 1 aliphatic rings. The molecule has 10 heteroatoms. The van der Waals surface area contributed by atoms with Gasteiger partial charge in [-0.1, -0.05) is 5.16 Å². The molecule has 0 unspecified atom stereocenters. The number of carbonyl (C=O) groups excluding carboxylic acids is 1. The van der Waals surface area contributed by atoms with E-state index in [1.165, 1.54) is 11.4 Å². The number of anilines is 1. The Morgan fingerprint density at radius 1 is 1.29 bits per heavy atom. The molecule has 3 rings (SSSR count). The first-order valence-corrected chi connectivity index (χ1v) is 10.5. The largest absolute Gasteiger partial charge is 0.497 e. The van der Waals surface area contributed by atoms with Gasteiger partial charge in [-0.05, 0) is 38.1 Å². The minimum absolute atomic E-state index is 0.172. The molecule has 1 fully saturated rings. The van der Waals surface area contributed by atoms with Gasteiger partial charge in [0.25, 0.3) is 5.91 Å². The van der Waals surface area contributed by atoms with Crippen molar-refractivity contribution < 1.29 is 27.4 Å². The molecule has 2 heterocycles. The molecule has 2 N–H and O–H groups in total. The van der Waals surface area contributed by atoms with Gasteiger partial charge in [0, 0.05) is 6.07 Å². The highest BCUT2D eigenvalue weighted by Gasteiger charge is 2.34. The molecular weight excluding hydrogens is 384 g/mol. The molecule has 1 amide bonds. The number of nitrogens with zero attached hydrogens (tertiary/aromatic N) is 2. The second-order valence-electron chi connectivity index (χ2n) is 6.77. The van der Waals surface area contributed by atoms with E-state index in [2.05, 4.69) is 10.5 Å². The van der Waals surface area contributed by atoms with Crippen molar-refractivity contribution in [2.24, 2.45) is 0 Å². The number of quaternary nitrogens is 1. The zero-order chi connectivity index (χ0) is 20.3. The zero-order valence-corrected chi connectivity index (χ0v) is 17.0. The highest BCUT2D eigenvalue weighted by atomic mass is 32.2. The quantitative estimate of drug-likeness (QED) is 0.691. The Morgan fingerprint density at radius 2 is 1.93 bits per heavy atom. The lowest BCUT2D eigenvalue weighted by Gasteiger charge is -2.34. The first kappa shape index (κ1) is 20.3. The standard InChI is InChI=1S/C18H24N4O5S/c1-13-12-17(20-27-13)19-18(23)14(2)21-8-10-22(11-9-21)28(24,25)16-6-4-15(26-3)5-7-16/h4-7,12,14H,8-11H2,1-3H3,(H,19,20,23)/p+1/t14-/m1/s1. The first-order valence-electron chi connectivity index (χ1n) is 9.04. The van der Waals surface area contributed by atoms with Gasteiger partial charge in [-0.15, -0.1) is 0 Å². The number of aromatic nitrogens is 1. The smallest absolute Gasteiger partial charge is 0.283 e. The lowest BCUT2D eigenvalue weighted by atomic mass is 10.2. The van der Waals surface area contributed by atoms with Crippen LogP contribution in [-0.4, -0.2) is 63.1 Å². The van der Waals surface area contributed by atoms with E-state index < -0.39 is 10.0 Å². The molecule has 152 valence electrons. The summed E-state index contributed by atoms with van der Waals surface area (Å²) in [5, 5.41) is 6.49. The maximum absolute atomic E-state index is 12.8. The van der Waals surface area contributed by atoms with E-state index in [4.69, 9.17) is 9.26 Å². The van der Waals surface area contributed by atoms with Crippen LogP contribution in [0.1, 0.15) is 12.7 Å². The van der Waals surface area contributed by atoms with Gasteiger partial charge in [-0.25, -0.2) is 8.42 Å². The molecule has 2 aromatic rings. The van der Waals surface area contributed by atoms with E-state index >= 15 is 0 Å². The Labute approximate surface area is 164 Å². The monoisotopic (exact) mass is 409 g/mol. The van der Waals surface area contributed by atoms with E-state index in [1.807, 2.05) is 6.92 Å². The summed E-state index contributed by atoms with van der Waals surface area (Å²) in [5.41, 5.74) is 0. The summed E-state index contributed by atoms with van der Waals surface area (Å²) in [5.74, 6) is 1.44. The highest BCUT2D eigenvalue weighted by molar-refractivity contribution is 7.89. The average Bonchev–Trinajstić information content (AvgIpc) is 3.12. The Kier molecular flexibility index (Phi) is 6.01. The Balaban J connectivity index is 1.59. The van der Waals surface area contributed by atoms with Gasteiger partial charge in [0.05, 0.1) is 38.2 Å². The number of hydrogen-bond donors (Lipinski definition) is 2. The topological polar surface area (TPSA) is 106 Å². The number of methoxy groups -OCH3 is 1. The van der Waals surface area contributed by atoms with E-state index in [0.29, 0.717) is 43.5 Å². The molecule has 0 spiro atoms. The molecule has 1 aliphatic heterocycles. The molecule has 28 heavy (non-hydrogen) atoms. The van der Waals surface area contributed by atoms with Crippen LogP contribution in [0.5, 0.6) is 5.75 Å². The van der Waals surface area contributed by atoms with Crippen molar-refractivity contribution in [3.63, 3.8) is 0 Å². The van der Waals surface area contributed by atoms with Gasteiger partial charge in [-0.3, -0.25) is 4.79 Å². The fraction of sp³-hybridized carbons (Fsp3) is 0.444. The Hall–Kier alpha value is -2.43. The van der Waals surface area contributed by atoms with Crippen LogP contribution in [0, 0.1) is 6.92 Å². The number of amides is 1. The number of aryl methyl sites for hydroxylation is 1. The Morgan fingerprint density at radius 3 is 2.46 bits per heavy atom. The van der Waals surface area contributed by atoms with Crippen molar-refractivity contribution in [2.45, 2.75) is 24.8 Å². The zero-order valence-electron chi connectivity index (χ0n) is 16.1.